The predicted molar refractivity (Wildman–Crippen MR) is 134 cm³/mol. The minimum absolute atomic E-state index is 0.0231. The van der Waals surface area contributed by atoms with Crippen molar-refractivity contribution in [3.05, 3.63) is 81.2 Å². The Kier molecular flexibility index (Phi) is 5.70. The third kappa shape index (κ3) is 4.33. The fourth-order valence-electron chi connectivity index (χ4n) is 4.50. The van der Waals surface area contributed by atoms with Crippen LogP contribution in [0.25, 0.3) is 0 Å². The first kappa shape index (κ1) is 22.6. The van der Waals surface area contributed by atoms with Crippen molar-refractivity contribution in [1.29, 1.82) is 0 Å². The van der Waals surface area contributed by atoms with E-state index in [4.69, 9.17) is 4.74 Å². The van der Waals surface area contributed by atoms with Crippen LogP contribution in [-0.2, 0) is 18.4 Å². The fraction of sp³-hybridized carbons (Fsp3) is 0.333. The number of thiophene rings is 1. The normalized spacial score (nSPS) is 19.5. The molecule has 2 aliphatic rings. The van der Waals surface area contributed by atoms with Gasteiger partial charge in [-0.05, 0) is 46.4 Å². The molecule has 7 heteroatoms. The predicted octanol–water partition coefficient (Wildman–Crippen LogP) is 3.69. The third-order valence-electron chi connectivity index (χ3n) is 6.54. The van der Waals surface area contributed by atoms with E-state index < -0.39 is 5.97 Å². The maximum atomic E-state index is 12.9. The highest BCUT2D eigenvalue weighted by Crippen LogP contribution is 2.39. The van der Waals surface area contributed by atoms with Crippen molar-refractivity contribution >= 4 is 28.2 Å². The van der Waals surface area contributed by atoms with Crippen molar-refractivity contribution in [3.8, 4) is 5.75 Å². The lowest BCUT2D eigenvalue weighted by atomic mass is 9.87. The van der Waals surface area contributed by atoms with Gasteiger partial charge in [-0.2, -0.15) is 0 Å². The van der Waals surface area contributed by atoms with E-state index in [1.807, 2.05) is 24.3 Å². The van der Waals surface area contributed by atoms with Crippen molar-refractivity contribution in [1.82, 2.24) is 5.32 Å². The number of quaternary nitrogens is 1. The van der Waals surface area contributed by atoms with Gasteiger partial charge in [-0.3, -0.25) is 4.79 Å². The fourth-order valence-corrected chi connectivity index (χ4v) is 5.89. The number of rotatable bonds is 3. The Morgan fingerprint density at radius 3 is 2.44 bits per heavy atom. The lowest BCUT2D eigenvalue weighted by Gasteiger charge is -2.27. The molecule has 0 radical (unpaired) electrons. The van der Waals surface area contributed by atoms with Crippen molar-refractivity contribution < 1.29 is 19.2 Å². The quantitative estimate of drug-likeness (QED) is 0.398. The number of esters is 1. The molecular formula is C27H30N3O3S+. The van der Waals surface area contributed by atoms with Crippen molar-refractivity contribution in [3.63, 3.8) is 0 Å². The molecule has 3 aromatic rings. The first-order valence-corrected chi connectivity index (χ1v) is 12.5. The van der Waals surface area contributed by atoms with Crippen LogP contribution in [0.2, 0.25) is 0 Å². The van der Waals surface area contributed by atoms with E-state index in [-0.39, 0.29) is 17.5 Å². The Morgan fingerprint density at radius 2 is 1.76 bits per heavy atom. The van der Waals surface area contributed by atoms with Gasteiger partial charge in [-0.25, -0.2) is 4.79 Å². The largest absolute Gasteiger partial charge is 0.423 e. The summed E-state index contributed by atoms with van der Waals surface area (Å²) in [5, 5.41) is 7.52. The molecule has 2 atom stereocenters. The SMILES string of the molecule is C[NH+]1CCc2c(sc3c2C(=O)N[C@H](c2ccc(OC(=O)c4ccc(C(C)(C)C)cc4)cc2)N3)C1. The van der Waals surface area contributed by atoms with Gasteiger partial charge in [0.05, 0.1) is 29.6 Å². The van der Waals surface area contributed by atoms with E-state index >= 15 is 0 Å². The Balaban J connectivity index is 1.27. The van der Waals surface area contributed by atoms with Gasteiger partial charge in [-0.1, -0.05) is 45.0 Å². The molecule has 6 nitrogen and oxygen atoms in total. The summed E-state index contributed by atoms with van der Waals surface area (Å²) in [4.78, 5) is 28.3. The van der Waals surface area contributed by atoms with Crippen molar-refractivity contribution in [2.24, 2.45) is 0 Å². The average Bonchev–Trinajstić information content (AvgIpc) is 3.17. The second kappa shape index (κ2) is 8.56. The Bertz CT molecular complexity index is 1240. The van der Waals surface area contributed by atoms with E-state index in [9.17, 15) is 9.59 Å². The first-order chi connectivity index (χ1) is 16.2. The number of likely N-dealkylation sites (N-methyl/N-ethyl adjacent to an activating group) is 1. The summed E-state index contributed by atoms with van der Waals surface area (Å²) < 4.78 is 5.56. The van der Waals surface area contributed by atoms with Crippen LogP contribution in [0.15, 0.2) is 48.5 Å². The van der Waals surface area contributed by atoms with Gasteiger partial charge in [0.15, 0.2) is 0 Å². The van der Waals surface area contributed by atoms with Gasteiger partial charge in [0.1, 0.15) is 23.5 Å². The number of carbonyl (C=O) groups excluding carboxylic acids is 2. The zero-order valence-corrected chi connectivity index (χ0v) is 20.8. The van der Waals surface area contributed by atoms with Crippen molar-refractivity contribution in [2.75, 3.05) is 18.9 Å². The van der Waals surface area contributed by atoms with E-state index in [0.717, 1.165) is 35.6 Å². The van der Waals surface area contributed by atoms with Crippen LogP contribution in [-0.4, -0.2) is 25.5 Å². The molecule has 2 aromatic carbocycles. The summed E-state index contributed by atoms with van der Waals surface area (Å²) in [6.45, 7) is 8.43. The monoisotopic (exact) mass is 476 g/mol. The highest BCUT2D eigenvalue weighted by Gasteiger charge is 2.33. The van der Waals surface area contributed by atoms with Gasteiger partial charge in [-0.15, -0.1) is 11.3 Å². The third-order valence-corrected chi connectivity index (χ3v) is 7.71. The maximum Gasteiger partial charge on any atom is 0.343 e. The molecule has 2 aliphatic heterocycles. The Hall–Kier alpha value is -3.16. The molecular weight excluding hydrogens is 446 g/mol. The summed E-state index contributed by atoms with van der Waals surface area (Å²) in [5.74, 6) is 0.0530. The molecule has 0 saturated heterocycles. The summed E-state index contributed by atoms with van der Waals surface area (Å²) in [7, 11) is 2.19. The molecule has 1 aromatic heterocycles. The Morgan fingerprint density at radius 1 is 1.06 bits per heavy atom. The van der Waals surface area contributed by atoms with Gasteiger partial charge in [0.25, 0.3) is 5.91 Å². The number of anilines is 1. The van der Waals surface area contributed by atoms with E-state index in [2.05, 4.69) is 38.5 Å². The molecule has 0 spiro atoms. The molecule has 0 bridgehead atoms. The van der Waals surface area contributed by atoms with Crippen molar-refractivity contribution in [2.45, 2.75) is 45.3 Å². The van der Waals surface area contributed by atoms with Crippen LogP contribution in [0.3, 0.4) is 0 Å². The molecule has 3 heterocycles. The lowest BCUT2D eigenvalue weighted by Crippen LogP contribution is -3.08. The average molecular weight is 477 g/mol. The molecule has 0 aliphatic carbocycles. The van der Waals surface area contributed by atoms with Crippen LogP contribution in [0.5, 0.6) is 5.75 Å². The number of hydrogen-bond acceptors (Lipinski definition) is 5. The van der Waals surface area contributed by atoms with Crippen LogP contribution in [0.4, 0.5) is 5.00 Å². The second-order valence-electron chi connectivity index (χ2n) is 10.2. The molecule has 5 rings (SSSR count). The summed E-state index contributed by atoms with van der Waals surface area (Å²) >= 11 is 1.69. The molecule has 3 N–H and O–H groups in total. The molecule has 34 heavy (non-hydrogen) atoms. The zero-order chi connectivity index (χ0) is 24.0. The molecule has 0 saturated carbocycles. The van der Waals surface area contributed by atoms with E-state index in [1.54, 1.807) is 35.6 Å². The van der Waals surface area contributed by atoms with Gasteiger partial charge in [0.2, 0.25) is 0 Å². The van der Waals surface area contributed by atoms with Crippen LogP contribution in [0.1, 0.15) is 69.2 Å². The minimum Gasteiger partial charge on any atom is -0.423 e. The summed E-state index contributed by atoms with van der Waals surface area (Å²) in [6.07, 6.45) is 0.617. The van der Waals surface area contributed by atoms with E-state index in [1.165, 1.54) is 20.9 Å². The number of benzene rings is 2. The van der Waals surface area contributed by atoms with Crippen LogP contribution in [0, 0.1) is 0 Å². The van der Waals surface area contributed by atoms with E-state index in [0.29, 0.717) is 11.3 Å². The van der Waals surface area contributed by atoms with Crippen LogP contribution >= 0.6 is 11.3 Å². The zero-order valence-electron chi connectivity index (χ0n) is 20.0. The number of carbonyl (C=O) groups is 2. The van der Waals surface area contributed by atoms with Gasteiger partial charge in [0, 0.05) is 6.42 Å². The molecule has 1 unspecified atom stereocenters. The summed E-state index contributed by atoms with van der Waals surface area (Å²) in [6, 6.07) is 14.8. The topological polar surface area (TPSA) is 71.9 Å². The first-order valence-electron chi connectivity index (χ1n) is 11.6. The number of amides is 1. The summed E-state index contributed by atoms with van der Waals surface area (Å²) in [5.41, 5.74) is 4.63. The van der Waals surface area contributed by atoms with Gasteiger partial charge < -0.3 is 20.3 Å². The highest BCUT2D eigenvalue weighted by atomic mass is 32.1. The standard InChI is InChI=1S/C27H29N3O3S/c1-27(2,3)18-9-5-17(6-10-18)26(32)33-19-11-7-16(8-12-19)23-28-24(31)22-20-13-14-30(4)15-21(20)34-25(22)29-23/h5-12,23,29H,13-15H2,1-4H3,(H,28,31)/p+1/t23-/m0/s1. The second-order valence-corrected chi connectivity index (χ2v) is 11.3. The number of hydrogen-bond donors (Lipinski definition) is 3. The smallest absolute Gasteiger partial charge is 0.343 e. The molecule has 0 fully saturated rings. The number of nitrogens with one attached hydrogen (secondary N) is 3. The maximum absolute atomic E-state index is 12.9. The number of fused-ring (bicyclic) bond motifs is 3. The molecule has 176 valence electrons. The van der Waals surface area contributed by atoms with Gasteiger partial charge >= 0.3 is 5.97 Å². The van der Waals surface area contributed by atoms with Crippen LogP contribution < -0.4 is 20.3 Å². The number of ether oxygens (including phenoxy) is 1. The Labute approximate surface area is 203 Å². The lowest BCUT2D eigenvalue weighted by molar-refractivity contribution is -0.895. The molecule has 1 amide bonds. The highest BCUT2D eigenvalue weighted by molar-refractivity contribution is 7.16. The minimum atomic E-state index is -0.391.